The van der Waals surface area contributed by atoms with Crippen molar-refractivity contribution in [2.24, 2.45) is 0 Å². The molecule has 0 saturated carbocycles. The molecule has 2 aliphatic rings. The highest BCUT2D eigenvalue weighted by atomic mass is 32.2. The summed E-state index contributed by atoms with van der Waals surface area (Å²) >= 11 is 0. The normalized spacial score (nSPS) is 19.2. The largest absolute Gasteiger partial charge is 0.336 e. The fraction of sp³-hybridized carbons (Fsp3) is 0.379. The Morgan fingerprint density at radius 2 is 1.68 bits per heavy atom. The Bertz CT molecular complexity index is 1540. The number of nitrogens with one attached hydrogen (secondary N) is 2. The smallest absolute Gasteiger partial charge is 0.264 e. The van der Waals surface area contributed by atoms with Gasteiger partial charge in [0.1, 0.15) is 0 Å². The molecule has 0 spiro atoms. The molecule has 10 nitrogen and oxygen atoms in total. The van der Waals surface area contributed by atoms with Crippen molar-refractivity contribution < 1.29 is 18.0 Å². The summed E-state index contributed by atoms with van der Waals surface area (Å²) in [4.78, 5) is 39.0. The van der Waals surface area contributed by atoms with Crippen LogP contribution in [-0.4, -0.2) is 64.9 Å². The van der Waals surface area contributed by atoms with Gasteiger partial charge in [-0.05, 0) is 81.1 Å². The van der Waals surface area contributed by atoms with Gasteiger partial charge in [-0.25, -0.2) is 23.1 Å². The molecule has 40 heavy (non-hydrogen) atoms. The number of hydrogen-bond donors (Lipinski definition) is 2. The molecule has 11 heteroatoms. The van der Waals surface area contributed by atoms with Gasteiger partial charge < -0.3 is 10.2 Å². The number of sulfonamides is 1. The third-order valence-electron chi connectivity index (χ3n) is 7.46. The van der Waals surface area contributed by atoms with Crippen LogP contribution in [0.4, 0.5) is 11.6 Å². The van der Waals surface area contributed by atoms with E-state index >= 15 is 0 Å². The number of anilines is 2. The summed E-state index contributed by atoms with van der Waals surface area (Å²) < 4.78 is 24.6. The minimum Gasteiger partial charge on any atom is -0.336 e. The topological polar surface area (TPSA) is 125 Å². The summed E-state index contributed by atoms with van der Waals surface area (Å²) in [5, 5.41) is 3.34. The SMILES string of the molecule is Cc1cc(C)cc(Nc2ncc3c(n2)CN([C@H]2CCN(C(=O)c4ccc(C(=O)NS(C)(=O)=O)cc4)[C@@H](C)C2)C3)c1. The predicted octanol–water partition coefficient (Wildman–Crippen LogP) is 3.54. The Balaban J connectivity index is 1.18. The number of benzene rings is 2. The summed E-state index contributed by atoms with van der Waals surface area (Å²) in [5.41, 5.74) is 6.16. The zero-order chi connectivity index (χ0) is 28.6. The second kappa shape index (κ2) is 11.0. The van der Waals surface area contributed by atoms with Crippen molar-refractivity contribution in [1.29, 1.82) is 0 Å². The highest BCUT2D eigenvalue weighted by Crippen LogP contribution is 2.31. The minimum atomic E-state index is -3.66. The Labute approximate surface area is 234 Å². The number of rotatable bonds is 6. The van der Waals surface area contributed by atoms with E-state index in [4.69, 9.17) is 4.98 Å². The van der Waals surface area contributed by atoms with Crippen molar-refractivity contribution in [1.82, 2.24) is 24.5 Å². The van der Waals surface area contributed by atoms with Crippen LogP contribution in [0.5, 0.6) is 0 Å². The second-order valence-corrected chi connectivity index (χ2v) is 12.6. The van der Waals surface area contributed by atoms with Crippen LogP contribution in [0.25, 0.3) is 0 Å². The molecule has 2 amide bonds. The molecule has 1 fully saturated rings. The number of carbonyl (C=O) groups excluding carboxylic acids is 2. The van der Waals surface area contributed by atoms with Crippen LogP contribution in [0.1, 0.15) is 62.9 Å². The first kappa shape index (κ1) is 27.7. The van der Waals surface area contributed by atoms with Crippen LogP contribution in [0.3, 0.4) is 0 Å². The van der Waals surface area contributed by atoms with E-state index in [1.807, 2.05) is 15.8 Å². The lowest BCUT2D eigenvalue weighted by molar-refractivity contribution is 0.0460. The van der Waals surface area contributed by atoms with Gasteiger partial charge in [-0.2, -0.15) is 0 Å². The van der Waals surface area contributed by atoms with E-state index in [1.165, 1.54) is 23.3 Å². The predicted molar refractivity (Wildman–Crippen MR) is 153 cm³/mol. The molecule has 0 aliphatic carbocycles. The average molecular weight is 563 g/mol. The fourth-order valence-electron chi connectivity index (χ4n) is 5.61. The van der Waals surface area contributed by atoms with Crippen molar-refractivity contribution in [2.75, 3.05) is 18.1 Å². The number of amides is 2. The number of aryl methyl sites for hydroxylation is 2. The maximum absolute atomic E-state index is 13.2. The lowest BCUT2D eigenvalue weighted by Crippen LogP contribution is -2.50. The lowest BCUT2D eigenvalue weighted by Gasteiger charge is -2.41. The molecule has 3 aromatic rings. The molecule has 2 N–H and O–H groups in total. The van der Waals surface area contributed by atoms with Crippen LogP contribution in [0, 0.1) is 13.8 Å². The van der Waals surface area contributed by atoms with Crippen molar-refractivity contribution in [2.45, 2.75) is 58.8 Å². The standard InChI is InChI=1S/C29H34N6O4S/c1-18-11-19(2)13-24(12-18)31-29-30-15-23-16-34(17-26(23)32-29)25-9-10-35(20(3)14-25)28(37)22-7-5-21(6-8-22)27(36)33-40(4,38)39/h5-8,11-13,15,20,25H,9-10,14,16-17H2,1-4H3,(H,33,36)(H,30,31,32)/t20-,25-/m0/s1. The Morgan fingerprint density at radius 3 is 2.33 bits per heavy atom. The van der Waals surface area contributed by atoms with Gasteiger partial charge in [0.2, 0.25) is 16.0 Å². The van der Waals surface area contributed by atoms with E-state index in [0.29, 0.717) is 24.1 Å². The third kappa shape index (κ3) is 6.31. The molecule has 1 aromatic heterocycles. The lowest BCUT2D eigenvalue weighted by atomic mass is 9.96. The van der Waals surface area contributed by atoms with E-state index in [0.717, 1.165) is 49.1 Å². The van der Waals surface area contributed by atoms with Gasteiger partial charge in [-0.3, -0.25) is 14.5 Å². The molecular formula is C29H34N6O4S. The quantitative estimate of drug-likeness (QED) is 0.468. The first-order chi connectivity index (χ1) is 18.9. The number of fused-ring (bicyclic) bond motifs is 1. The van der Waals surface area contributed by atoms with E-state index < -0.39 is 15.9 Å². The van der Waals surface area contributed by atoms with E-state index in [2.05, 4.69) is 54.2 Å². The molecule has 5 rings (SSSR count). The number of hydrogen-bond acceptors (Lipinski definition) is 8. The molecule has 0 radical (unpaired) electrons. The Kier molecular flexibility index (Phi) is 7.61. The Morgan fingerprint density at radius 1 is 1.00 bits per heavy atom. The van der Waals surface area contributed by atoms with Crippen LogP contribution in [-0.2, 0) is 23.1 Å². The number of likely N-dealkylation sites (tertiary alicyclic amines) is 1. The Hall–Kier alpha value is -3.83. The molecule has 2 aromatic carbocycles. The van der Waals surface area contributed by atoms with Crippen LogP contribution < -0.4 is 10.0 Å². The number of piperidine rings is 1. The number of carbonyl (C=O) groups is 2. The zero-order valence-electron chi connectivity index (χ0n) is 23.1. The van der Waals surface area contributed by atoms with E-state index in [9.17, 15) is 18.0 Å². The van der Waals surface area contributed by atoms with E-state index in [-0.39, 0.29) is 17.5 Å². The van der Waals surface area contributed by atoms with Gasteiger partial charge in [0.05, 0.1) is 11.9 Å². The molecule has 210 valence electrons. The van der Waals surface area contributed by atoms with Crippen LogP contribution in [0.15, 0.2) is 48.7 Å². The molecule has 0 bridgehead atoms. The number of aromatic nitrogens is 2. The molecule has 2 atom stereocenters. The van der Waals surface area contributed by atoms with E-state index in [1.54, 1.807) is 12.1 Å². The summed E-state index contributed by atoms with van der Waals surface area (Å²) in [6.07, 6.45) is 4.52. The van der Waals surface area contributed by atoms with Crippen molar-refractivity contribution in [3.63, 3.8) is 0 Å². The molecule has 1 saturated heterocycles. The molecule has 2 aliphatic heterocycles. The number of nitrogens with zero attached hydrogens (tertiary/aromatic N) is 4. The minimum absolute atomic E-state index is 0.0380. The van der Waals surface area contributed by atoms with Crippen molar-refractivity contribution in [3.05, 3.63) is 82.2 Å². The van der Waals surface area contributed by atoms with Gasteiger partial charge in [0.25, 0.3) is 11.8 Å². The summed E-state index contributed by atoms with van der Waals surface area (Å²) in [6.45, 7) is 8.37. The maximum Gasteiger partial charge on any atom is 0.264 e. The first-order valence-corrected chi connectivity index (χ1v) is 15.2. The van der Waals surface area contributed by atoms with Gasteiger partial charge in [0, 0.05) is 60.3 Å². The van der Waals surface area contributed by atoms with Crippen molar-refractivity contribution in [3.8, 4) is 0 Å². The van der Waals surface area contributed by atoms with Gasteiger partial charge in [-0.15, -0.1) is 0 Å². The second-order valence-electron chi connectivity index (χ2n) is 10.9. The molecule has 3 heterocycles. The van der Waals surface area contributed by atoms with Gasteiger partial charge >= 0.3 is 0 Å². The summed E-state index contributed by atoms with van der Waals surface area (Å²) in [7, 11) is -3.66. The zero-order valence-corrected chi connectivity index (χ0v) is 24.0. The van der Waals surface area contributed by atoms with Gasteiger partial charge in [-0.1, -0.05) is 6.07 Å². The van der Waals surface area contributed by atoms with Gasteiger partial charge in [0.15, 0.2) is 0 Å². The third-order valence-corrected chi connectivity index (χ3v) is 8.01. The highest BCUT2D eigenvalue weighted by Gasteiger charge is 2.35. The van der Waals surface area contributed by atoms with Crippen molar-refractivity contribution >= 4 is 33.5 Å². The monoisotopic (exact) mass is 562 g/mol. The average Bonchev–Trinajstić information content (AvgIpc) is 3.30. The summed E-state index contributed by atoms with van der Waals surface area (Å²) in [6, 6.07) is 12.7. The maximum atomic E-state index is 13.2. The van der Waals surface area contributed by atoms with Crippen LogP contribution in [0.2, 0.25) is 0 Å². The highest BCUT2D eigenvalue weighted by molar-refractivity contribution is 7.89. The first-order valence-electron chi connectivity index (χ1n) is 13.3. The van der Waals surface area contributed by atoms with Crippen LogP contribution >= 0.6 is 0 Å². The molecular weight excluding hydrogens is 528 g/mol. The molecule has 0 unspecified atom stereocenters. The fourth-order valence-corrected chi connectivity index (χ4v) is 6.07. The summed E-state index contributed by atoms with van der Waals surface area (Å²) in [5.74, 6) is -0.224.